The first-order valence-corrected chi connectivity index (χ1v) is 8.92. The Morgan fingerprint density at radius 3 is 2.18 bits per heavy atom. The Labute approximate surface area is 102 Å². The van der Waals surface area contributed by atoms with E-state index in [1.165, 1.54) is 27.1 Å². The second-order valence-corrected chi connectivity index (χ2v) is 9.69. The minimum absolute atomic E-state index is 0.117. The van der Waals surface area contributed by atoms with Crippen molar-refractivity contribution in [3.8, 4) is 11.1 Å². The molecule has 86 valence electrons. The summed E-state index contributed by atoms with van der Waals surface area (Å²) in [5, 5.41) is 2.68. The molecule has 2 aromatic rings. The van der Waals surface area contributed by atoms with Crippen molar-refractivity contribution in [1.29, 1.82) is 0 Å². The number of hydrogen-bond acceptors (Lipinski definition) is 0. The van der Waals surface area contributed by atoms with E-state index in [1.807, 2.05) is 6.07 Å². The zero-order valence-electron chi connectivity index (χ0n) is 10.3. The molecule has 0 radical (unpaired) electrons. The molecular formula is C15H15FSi. The molecule has 1 aliphatic heterocycles. The molecule has 0 unspecified atom stereocenters. The highest BCUT2D eigenvalue weighted by Gasteiger charge is 2.37. The molecule has 1 heterocycles. The summed E-state index contributed by atoms with van der Waals surface area (Å²) >= 11 is 0. The summed E-state index contributed by atoms with van der Waals surface area (Å²) in [5.41, 5.74) is 3.83. The van der Waals surface area contributed by atoms with Gasteiger partial charge in [0.1, 0.15) is 13.9 Å². The molecule has 0 fully saturated rings. The predicted molar refractivity (Wildman–Crippen MR) is 73.3 cm³/mol. The fourth-order valence-electron chi connectivity index (χ4n) is 2.82. The molecule has 3 rings (SSSR count). The monoisotopic (exact) mass is 242 g/mol. The summed E-state index contributed by atoms with van der Waals surface area (Å²) in [6, 6.07) is 11.8. The molecule has 0 nitrogen and oxygen atoms in total. The summed E-state index contributed by atoms with van der Waals surface area (Å²) in [6.45, 7) is 6.72. The maximum absolute atomic E-state index is 13.4. The third-order valence-corrected chi connectivity index (χ3v) is 7.31. The lowest BCUT2D eigenvalue weighted by Crippen LogP contribution is -2.49. The van der Waals surface area contributed by atoms with Gasteiger partial charge in [-0.3, -0.25) is 0 Å². The lowest BCUT2D eigenvalue weighted by molar-refractivity contribution is 0.629. The summed E-state index contributed by atoms with van der Waals surface area (Å²) in [7, 11) is -1.68. The van der Waals surface area contributed by atoms with Gasteiger partial charge in [-0.2, -0.15) is 0 Å². The van der Waals surface area contributed by atoms with Gasteiger partial charge in [0.2, 0.25) is 0 Å². The number of hydrogen-bond donors (Lipinski definition) is 0. The summed E-state index contributed by atoms with van der Waals surface area (Å²) in [5.74, 6) is -0.117. The topological polar surface area (TPSA) is 0 Å². The molecule has 0 saturated carbocycles. The molecule has 0 amide bonds. The lowest BCUT2D eigenvalue weighted by atomic mass is 10.0. The van der Waals surface area contributed by atoms with Crippen LogP contribution in [0, 0.1) is 12.7 Å². The SMILES string of the molecule is Cc1ccc2c(c1)[Si](C)(C)c1cc(F)ccc1-2. The van der Waals surface area contributed by atoms with E-state index in [0.29, 0.717) is 0 Å². The zero-order chi connectivity index (χ0) is 12.2. The van der Waals surface area contributed by atoms with E-state index in [0.717, 1.165) is 0 Å². The van der Waals surface area contributed by atoms with Crippen LogP contribution in [0.25, 0.3) is 11.1 Å². The lowest BCUT2D eigenvalue weighted by Gasteiger charge is -2.18. The fraction of sp³-hybridized carbons (Fsp3) is 0.200. The van der Waals surface area contributed by atoms with Crippen molar-refractivity contribution in [2.75, 3.05) is 0 Å². The first-order valence-electron chi connectivity index (χ1n) is 5.92. The molecule has 0 bridgehead atoms. The van der Waals surface area contributed by atoms with E-state index in [4.69, 9.17) is 0 Å². The van der Waals surface area contributed by atoms with Gasteiger partial charge < -0.3 is 0 Å². The van der Waals surface area contributed by atoms with Crippen molar-refractivity contribution in [3.05, 3.63) is 47.8 Å². The van der Waals surface area contributed by atoms with Crippen molar-refractivity contribution < 1.29 is 4.39 Å². The average molecular weight is 242 g/mol. The van der Waals surface area contributed by atoms with Crippen LogP contribution in [0.1, 0.15) is 5.56 Å². The van der Waals surface area contributed by atoms with Gasteiger partial charge in [-0.1, -0.05) is 42.9 Å². The minimum Gasteiger partial charge on any atom is -0.207 e. The largest absolute Gasteiger partial charge is 0.207 e. The minimum atomic E-state index is -1.68. The molecule has 0 aromatic heterocycles. The maximum atomic E-state index is 13.4. The smallest absolute Gasteiger partial charge is 0.123 e. The van der Waals surface area contributed by atoms with Crippen LogP contribution in [0.15, 0.2) is 36.4 Å². The van der Waals surface area contributed by atoms with Crippen LogP contribution >= 0.6 is 0 Å². The van der Waals surface area contributed by atoms with Crippen LogP contribution in [0.4, 0.5) is 4.39 Å². The Morgan fingerprint density at radius 2 is 1.47 bits per heavy atom. The molecule has 2 aromatic carbocycles. The maximum Gasteiger partial charge on any atom is 0.123 e. The highest BCUT2D eigenvalue weighted by atomic mass is 28.3. The van der Waals surface area contributed by atoms with E-state index in [1.54, 1.807) is 12.1 Å². The van der Waals surface area contributed by atoms with Gasteiger partial charge in [-0.05, 0) is 40.6 Å². The van der Waals surface area contributed by atoms with E-state index < -0.39 is 8.07 Å². The molecule has 0 saturated heterocycles. The van der Waals surface area contributed by atoms with Gasteiger partial charge in [0, 0.05) is 0 Å². The van der Waals surface area contributed by atoms with E-state index in [9.17, 15) is 4.39 Å². The van der Waals surface area contributed by atoms with Crippen molar-refractivity contribution in [1.82, 2.24) is 0 Å². The van der Waals surface area contributed by atoms with Gasteiger partial charge in [0.15, 0.2) is 0 Å². The molecule has 2 heteroatoms. The molecule has 0 aliphatic carbocycles. The molecule has 1 aliphatic rings. The fourth-order valence-corrected chi connectivity index (χ4v) is 5.98. The van der Waals surface area contributed by atoms with Crippen molar-refractivity contribution >= 4 is 18.4 Å². The quantitative estimate of drug-likeness (QED) is 0.623. The van der Waals surface area contributed by atoms with E-state index >= 15 is 0 Å². The molecule has 0 N–H and O–H groups in total. The highest BCUT2D eigenvalue weighted by molar-refractivity contribution is 7.03. The summed E-state index contributed by atoms with van der Waals surface area (Å²) in [4.78, 5) is 0. The molecule has 0 atom stereocenters. The number of aryl methyl sites for hydroxylation is 1. The van der Waals surface area contributed by atoms with Crippen molar-refractivity contribution in [2.45, 2.75) is 20.0 Å². The first-order chi connectivity index (χ1) is 8.00. The van der Waals surface area contributed by atoms with Crippen LogP contribution in [0.5, 0.6) is 0 Å². The van der Waals surface area contributed by atoms with E-state index in [2.05, 4.69) is 38.2 Å². The van der Waals surface area contributed by atoms with E-state index in [-0.39, 0.29) is 5.82 Å². The first kappa shape index (κ1) is 10.7. The predicted octanol–water partition coefficient (Wildman–Crippen LogP) is 2.94. The van der Waals surface area contributed by atoms with Crippen molar-refractivity contribution in [3.63, 3.8) is 0 Å². The Bertz CT molecular complexity index is 561. The Morgan fingerprint density at radius 1 is 0.882 bits per heavy atom. The van der Waals surface area contributed by atoms with Crippen LogP contribution in [0.3, 0.4) is 0 Å². The van der Waals surface area contributed by atoms with Gasteiger partial charge in [0.05, 0.1) is 0 Å². The second kappa shape index (κ2) is 3.30. The standard InChI is InChI=1S/C15H15FSi/c1-10-4-6-12-13-7-5-11(16)9-15(13)17(2,3)14(12)8-10/h4-9H,1-3H3. The normalized spacial score (nSPS) is 15.5. The third-order valence-electron chi connectivity index (χ3n) is 3.79. The van der Waals surface area contributed by atoms with Gasteiger partial charge in [-0.15, -0.1) is 0 Å². The highest BCUT2D eigenvalue weighted by Crippen LogP contribution is 2.28. The Hall–Kier alpha value is -1.41. The second-order valence-electron chi connectivity index (χ2n) is 5.36. The summed E-state index contributed by atoms with van der Waals surface area (Å²) in [6.07, 6.45) is 0. The summed E-state index contributed by atoms with van der Waals surface area (Å²) < 4.78 is 13.4. The molecule has 17 heavy (non-hydrogen) atoms. The Kier molecular flexibility index (Phi) is 2.08. The van der Waals surface area contributed by atoms with Gasteiger partial charge in [0.25, 0.3) is 0 Å². The third kappa shape index (κ3) is 1.40. The van der Waals surface area contributed by atoms with Gasteiger partial charge >= 0.3 is 0 Å². The average Bonchev–Trinajstić information content (AvgIpc) is 2.49. The van der Waals surface area contributed by atoms with Crippen LogP contribution in [-0.2, 0) is 0 Å². The molecular weight excluding hydrogens is 227 g/mol. The van der Waals surface area contributed by atoms with Crippen LogP contribution in [-0.4, -0.2) is 8.07 Å². The van der Waals surface area contributed by atoms with Crippen LogP contribution in [0.2, 0.25) is 13.1 Å². The Balaban J connectivity index is 2.37. The zero-order valence-corrected chi connectivity index (χ0v) is 11.3. The number of halogens is 1. The number of rotatable bonds is 0. The molecule has 0 spiro atoms. The number of benzene rings is 2. The van der Waals surface area contributed by atoms with Crippen LogP contribution < -0.4 is 10.4 Å². The van der Waals surface area contributed by atoms with Gasteiger partial charge in [-0.25, -0.2) is 4.39 Å². The number of fused-ring (bicyclic) bond motifs is 3. The van der Waals surface area contributed by atoms with Crippen molar-refractivity contribution in [2.24, 2.45) is 0 Å².